The minimum atomic E-state index is -2.61. The van der Waals surface area contributed by atoms with Crippen LogP contribution in [0.15, 0.2) is 0 Å². The number of aliphatic hydroxyl groups excluding tert-OH is 2. The first-order valence-corrected chi connectivity index (χ1v) is 3.73. The number of hydrogen-bond acceptors (Lipinski definition) is 3. The lowest BCUT2D eigenvalue weighted by atomic mass is 10.3. The molecule has 5 nitrogen and oxygen atoms in total. The highest BCUT2D eigenvalue weighted by molar-refractivity contribution is 7.73. The molecule has 0 unspecified atom stereocenters. The maximum absolute atomic E-state index is 8.67. The van der Waals surface area contributed by atoms with Gasteiger partial charge in [0, 0.05) is 13.2 Å². The van der Waals surface area contributed by atoms with Gasteiger partial charge < -0.3 is 10.2 Å². The molecule has 0 bridgehead atoms. The molecular weight excluding hydrogens is 160 g/mol. The fourth-order valence-corrected chi connectivity index (χ4v) is 0.224. The van der Waals surface area contributed by atoms with Gasteiger partial charge in [0.05, 0.1) is 0 Å². The van der Waals surface area contributed by atoms with Crippen molar-refractivity contribution in [1.82, 2.24) is 0 Å². The first-order chi connectivity index (χ1) is 4.65. The maximum atomic E-state index is 8.67. The molecule has 0 saturated carbocycles. The third-order valence-electron chi connectivity index (χ3n) is 0.566. The Kier molecular flexibility index (Phi) is 14.9. The molecule has 0 saturated heterocycles. The molecule has 0 rings (SSSR count). The second-order valence-corrected chi connectivity index (χ2v) is 1.85. The average molecular weight is 172 g/mol. The lowest BCUT2D eigenvalue weighted by molar-refractivity contribution is 0.242. The van der Waals surface area contributed by atoms with Crippen molar-refractivity contribution in [1.29, 1.82) is 0 Å². The van der Waals surface area contributed by atoms with E-state index in [2.05, 4.69) is 0 Å². The molecule has 0 aromatic rings. The van der Waals surface area contributed by atoms with Gasteiger partial charge in [0.2, 0.25) is 0 Å². The largest absolute Gasteiger partial charge is 0.396 e. The Morgan fingerprint density at radius 2 is 1.20 bits per heavy atom. The molecular formula is C4H12O5S. The predicted molar refractivity (Wildman–Crippen MR) is 36.8 cm³/mol. The molecule has 0 aromatic carbocycles. The summed E-state index contributed by atoms with van der Waals surface area (Å²) in [4.78, 5) is 0. The van der Waals surface area contributed by atoms with Crippen LogP contribution in [0, 0.1) is 0 Å². The minimum Gasteiger partial charge on any atom is -0.396 e. The Balaban J connectivity index is 0. The molecule has 0 amide bonds. The van der Waals surface area contributed by atoms with E-state index in [0.717, 1.165) is 12.8 Å². The molecule has 0 aliphatic heterocycles. The van der Waals surface area contributed by atoms with Crippen LogP contribution in [0.3, 0.4) is 0 Å². The summed E-state index contributed by atoms with van der Waals surface area (Å²) in [6.07, 6.45) is 1.44. The lowest BCUT2D eigenvalue weighted by Crippen LogP contribution is -1.85. The highest BCUT2D eigenvalue weighted by Crippen LogP contribution is 1.80. The summed E-state index contributed by atoms with van der Waals surface area (Å²) >= 11 is -2.61. The topological polar surface area (TPSA) is 98.0 Å². The SMILES string of the molecule is O=S(O)O.OCCCCO. The van der Waals surface area contributed by atoms with E-state index in [1.807, 2.05) is 0 Å². The van der Waals surface area contributed by atoms with Gasteiger partial charge >= 0.3 is 0 Å². The predicted octanol–water partition coefficient (Wildman–Crippen LogP) is -0.568. The number of hydrogen-bond donors (Lipinski definition) is 4. The van der Waals surface area contributed by atoms with Crippen LogP contribution in [0.25, 0.3) is 0 Å². The zero-order valence-electron chi connectivity index (χ0n) is 5.43. The van der Waals surface area contributed by atoms with E-state index in [4.69, 9.17) is 23.5 Å². The van der Waals surface area contributed by atoms with Gasteiger partial charge in [-0.05, 0) is 12.8 Å². The van der Waals surface area contributed by atoms with Crippen LogP contribution >= 0.6 is 0 Å². The Hall–Kier alpha value is -0.0100. The molecule has 0 fully saturated rings. The highest BCUT2D eigenvalue weighted by atomic mass is 32.2. The van der Waals surface area contributed by atoms with E-state index >= 15 is 0 Å². The first kappa shape index (κ1) is 12.6. The zero-order chi connectivity index (χ0) is 8.41. The second kappa shape index (κ2) is 11.7. The fourth-order valence-electron chi connectivity index (χ4n) is 0.224. The normalized spacial score (nSPS) is 8.90. The number of rotatable bonds is 3. The van der Waals surface area contributed by atoms with Crippen LogP contribution in [0.4, 0.5) is 0 Å². The average Bonchev–Trinajstić information content (AvgIpc) is 1.82. The van der Waals surface area contributed by atoms with Crippen LogP contribution < -0.4 is 0 Å². The van der Waals surface area contributed by atoms with E-state index in [1.165, 1.54) is 0 Å². The van der Waals surface area contributed by atoms with Crippen molar-refractivity contribution in [2.24, 2.45) is 0 Å². The quantitative estimate of drug-likeness (QED) is 0.337. The summed E-state index contributed by atoms with van der Waals surface area (Å²) in [5, 5.41) is 16.2. The molecule has 0 radical (unpaired) electrons. The third kappa shape index (κ3) is 43.7. The van der Waals surface area contributed by atoms with Gasteiger partial charge in [-0.15, -0.1) is 0 Å². The third-order valence-corrected chi connectivity index (χ3v) is 0.566. The molecule has 64 valence electrons. The lowest BCUT2D eigenvalue weighted by Gasteiger charge is -1.85. The van der Waals surface area contributed by atoms with Gasteiger partial charge in [0.25, 0.3) is 11.4 Å². The van der Waals surface area contributed by atoms with E-state index in [1.54, 1.807) is 0 Å². The van der Waals surface area contributed by atoms with Gasteiger partial charge in [0.15, 0.2) is 0 Å². The summed E-state index contributed by atoms with van der Waals surface area (Å²) in [5.41, 5.74) is 0. The van der Waals surface area contributed by atoms with Crippen molar-refractivity contribution in [2.45, 2.75) is 12.8 Å². The molecule has 0 aliphatic carbocycles. The monoisotopic (exact) mass is 172 g/mol. The van der Waals surface area contributed by atoms with Crippen molar-refractivity contribution < 1.29 is 23.5 Å². The smallest absolute Gasteiger partial charge is 0.299 e. The molecule has 4 N–H and O–H groups in total. The maximum Gasteiger partial charge on any atom is 0.299 e. The Bertz CT molecular complexity index is 68.0. The summed E-state index contributed by atoms with van der Waals surface area (Å²) < 4.78 is 22.8. The first-order valence-electron chi connectivity index (χ1n) is 2.66. The zero-order valence-corrected chi connectivity index (χ0v) is 6.25. The van der Waals surface area contributed by atoms with E-state index in [-0.39, 0.29) is 13.2 Å². The standard InChI is InChI=1S/C4H10O2.H2O3S/c5-3-1-2-4-6;1-4(2)3/h5-6H,1-4H2;(H2,1,2,3). The van der Waals surface area contributed by atoms with E-state index in [9.17, 15) is 0 Å². The minimum absolute atomic E-state index is 0.195. The Morgan fingerprint density at radius 3 is 1.30 bits per heavy atom. The Labute approximate surface area is 61.8 Å². The highest BCUT2D eigenvalue weighted by Gasteiger charge is 1.77. The number of aliphatic hydroxyl groups is 2. The summed E-state index contributed by atoms with van der Waals surface area (Å²) in [6.45, 7) is 0.390. The van der Waals surface area contributed by atoms with Gasteiger partial charge in [-0.25, -0.2) is 0 Å². The second-order valence-electron chi connectivity index (χ2n) is 1.39. The molecule has 10 heavy (non-hydrogen) atoms. The summed E-state index contributed by atoms with van der Waals surface area (Å²) in [5.74, 6) is 0. The molecule has 0 spiro atoms. The van der Waals surface area contributed by atoms with Gasteiger partial charge in [-0.1, -0.05) is 0 Å². The van der Waals surface area contributed by atoms with Gasteiger partial charge in [-0.2, -0.15) is 4.21 Å². The molecule has 0 aliphatic rings. The molecule has 6 heteroatoms. The van der Waals surface area contributed by atoms with Crippen molar-refractivity contribution in [3.63, 3.8) is 0 Å². The van der Waals surface area contributed by atoms with Crippen LogP contribution in [0.2, 0.25) is 0 Å². The van der Waals surface area contributed by atoms with Crippen LogP contribution in [0.5, 0.6) is 0 Å². The van der Waals surface area contributed by atoms with Crippen molar-refractivity contribution in [2.75, 3.05) is 13.2 Å². The fraction of sp³-hybridized carbons (Fsp3) is 1.00. The van der Waals surface area contributed by atoms with Crippen LogP contribution in [0.1, 0.15) is 12.8 Å². The van der Waals surface area contributed by atoms with Gasteiger partial charge in [0.1, 0.15) is 0 Å². The molecule has 0 aromatic heterocycles. The van der Waals surface area contributed by atoms with E-state index in [0.29, 0.717) is 0 Å². The van der Waals surface area contributed by atoms with Crippen molar-refractivity contribution >= 4 is 11.4 Å². The van der Waals surface area contributed by atoms with Crippen molar-refractivity contribution in [3.8, 4) is 0 Å². The van der Waals surface area contributed by atoms with Gasteiger partial charge in [-0.3, -0.25) is 9.11 Å². The molecule has 0 atom stereocenters. The van der Waals surface area contributed by atoms with Crippen molar-refractivity contribution in [3.05, 3.63) is 0 Å². The summed E-state index contributed by atoms with van der Waals surface area (Å²) in [6, 6.07) is 0. The molecule has 0 heterocycles. The summed E-state index contributed by atoms with van der Waals surface area (Å²) in [7, 11) is 0. The van der Waals surface area contributed by atoms with Crippen LogP contribution in [-0.2, 0) is 11.4 Å². The Morgan fingerprint density at radius 1 is 1.00 bits per heavy atom. The number of unbranched alkanes of at least 4 members (excludes halogenated alkanes) is 1. The van der Waals surface area contributed by atoms with Crippen LogP contribution in [-0.4, -0.2) is 36.7 Å². The van der Waals surface area contributed by atoms with E-state index < -0.39 is 11.4 Å².